The minimum absolute atomic E-state index is 0.473. The summed E-state index contributed by atoms with van der Waals surface area (Å²) in [6.07, 6.45) is 0. The average molecular weight is 826 g/mol. The zero-order valence-corrected chi connectivity index (χ0v) is 35.4. The number of fused-ring (bicyclic) bond motifs is 16. The van der Waals surface area contributed by atoms with E-state index in [4.69, 9.17) is 4.42 Å². The van der Waals surface area contributed by atoms with Gasteiger partial charge in [0.1, 0.15) is 11.2 Å². The van der Waals surface area contributed by atoms with Gasteiger partial charge in [-0.25, -0.2) is 0 Å². The molecule has 14 rings (SSSR count). The predicted molar refractivity (Wildman–Crippen MR) is 271 cm³/mol. The molecule has 0 saturated carbocycles. The minimum atomic E-state index is -0.473. The van der Waals surface area contributed by atoms with E-state index in [2.05, 4.69) is 241 Å². The third kappa shape index (κ3) is 5.11. The summed E-state index contributed by atoms with van der Waals surface area (Å²) in [7, 11) is 0. The van der Waals surface area contributed by atoms with Gasteiger partial charge in [-0.3, -0.25) is 0 Å². The summed E-state index contributed by atoms with van der Waals surface area (Å²) in [5.41, 5.74) is 19.7. The highest BCUT2D eigenvalue weighted by molar-refractivity contribution is 6.23. The first-order valence-electron chi connectivity index (χ1n) is 22.5. The topological polar surface area (TPSA) is 16.4 Å². The van der Waals surface area contributed by atoms with E-state index in [0.29, 0.717) is 0 Å². The lowest BCUT2D eigenvalue weighted by Crippen LogP contribution is -2.26. The van der Waals surface area contributed by atoms with Crippen molar-refractivity contribution in [2.24, 2.45) is 0 Å². The third-order valence-electron chi connectivity index (χ3n) is 14.3. The molecule has 2 nitrogen and oxygen atoms in total. The standard InChI is InChI=1S/C63H39NO/c1-2-15-40(16-3-1)42-31-33-45(34-32-42)64(46-35-36-51-50-21-10-13-27-57(50)63(58(51)38-46)55-25-11-8-19-48(55)49-20-9-12-26-56(49)63)59-39-54-61-47(44-30-29-41-17-4-5-18-43(41)37-44)24-14-28-60(61)65-62(54)53-23-7-6-22-52(53)59/h1-39H. The Bertz CT molecular complexity index is 3830. The van der Waals surface area contributed by atoms with Crippen LogP contribution in [0.3, 0.4) is 0 Å². The lowest BCUT2D eigenvalue weighted by molar-refractivity contribution is 0.673. The monoisotopic (exact) mass is 825 g/mol. The fourth-order valence-corrected chi connectivity index (χ4v) is 11.5. The minimum Gasteiger partial charge on any atom is -0.455 e. The zero-order valence-electron chi connectivity index (χ0n) is 35.4. The quantitative estimate of drug-likeness (QED) is 0.172. The van der Waals surface area contributed by atoms with E-state index < -0.39 is 5.41 Å². The second-order valence-corrected chi connectivity index (χ2v) is 17.5. The smallest absolute Gasteiger partial charge is 0.143 e. The van der Waals surface area contributed by atoms with Gasteiger partial charge in [0.15, 0.2) is 0 Å². The normalized spacial score (nSPS) is 13.0. The van der Waals surface area contributed by atoms with Gasteiger partial charge in [-0.1, -0.05) is 194 Å². The van der Waals surface area contributed by atoms with E-state index in [1.54, 1.807) is 0 Å². The zero-order chi connectivity index (χ0) is 42.6. The highest BCUT2D eigenvalue weighted by Gasteiger charge is 2.51. The highest BCUT2D eigenvalue weighted by Crippen LogP contribution is 2.63. The van der Waals surface area contributed by atoms with Crippen LogP contribution in [-0.2, 0) is 5.41 Å². The first-order chi connectivity index (χ1) is 32.2. The molecule has 0 radical (unpaired) electrons. The molecule has 2 heteroatoms. The molecular weight excluding hydrogens is 787 g/mol. The van der Waals surface area contributed by atoms with Crippen molar-refractivity contribution < 1.29 is 4.42 Å². The average Bonchev–Trinajstić information content (AvgIpc) is 4.01. The van der Waals surface area contributed by atoms with Crippen molar-refractivity contribution in [2.45, 2.75) is 5.41 Å². The molecule has 0 N–H and O–H groups in total. The summed E-state index contributed by atoms with van der Waals surface area (Å²) in [5, 5.41) is 6.85. The van der Waals surface area contributed by atoms with Crippen LogP contribution in [0.25, 0.3) is 88.0 Å². The van der Waals surface area contributed by atoms with Crippen LogP contribution in [-0.4, -0.2) is 0 Å². The Labute approximate surface area is 376 Å². The molecule has 0 unspecified atom stereocenters. The maximum Gasteiger partial charge on any atom is 0.143 e. The lowest BCUT2D eigenvalue weighted by Gasteiger charge is -2.32. The van der Waals surface area contributed by atoms with E-state index >= 15 is 0 Å². The Morgan fingerprint density at radius 1 is 0.323 bits per heavy atom. The number of hydrogen-bond donors (Lipinski definition) is 0. The summed E-state index contributed by atoms with van der Waals surface area (Å²) >= 11 is 0. The van der Waals surface area contributed by atoms with Gasteiger partial charge < -0.3 is 9.32 Å². The third-order valence-corrected chi connectivity index (χ3v) is 14.3. The van der Waals surface area contributed by atoms with Gasteiger partial charge in [0, 0.05) is 32.9 Å². The van der Waals surface area contributed by atoms with Crippen molar-refractivity contribution in [1.29, 1.82) is 0 Å². The molecule has 0 saturated heterocycles. The van der Waals surface area contributed by atoms with Crippen LogP contribution in [0.2, 0.25) is 0 Å². The maximum absolute atomic E-state index is 6.93. The van der Waals surface area contributed by atoms with Gasteiger partial charge in [-0.05, 0) is 120 Å². The molecule has 302 valence electrons. The van der Waals surface area contributed by atoms with Crippen molar-refractivity contribution in [3.05, 3.63) is 259 Å². The molecule has 0 bridgehead atoms. The Kier molecular flexibility index (Phi) is 7.64. The lowest BCUT2D eigenvalue weighted by atomic mass is 9.70. The van der Waals surface area contributed by atoms with Crippen LogP contribution < -0.4 is 4.90 Å². The number of hydrogen-bond acceptors (Lipinski definition) is 2. The molecule has 65 heavy (non-hydrogen) atoms. The van der Waals surface area contributed by atoms with E-state index in [1.807, 2.05) is 0 Å². The van der Waals surface area contributed by atoms with Crippen molar-refractivity contribution in [2.75, 3.05) is 4.90 Å². The number of anilines is 3. The fourth-order valence-electron chi connectivity index (χ4n) is 11.5. The second kappa shape index (κ2) is 13.8. The Balaban J connectivity index is 1.06. The number of nitrogens with zero attached hydrogens (tertiary/aromatic N) is 1. The molecule has 1 spiro atoms. The molecule has 12 aromatic rings. The van der Waals surface area contributed by atoms with E-state index in [0.717, 1.165) is 55.3 Å². The van der Waals surface area contributed by atoms with Crippen LogP contribution >= 0.6 is 0 Å². The van der Waals surface area contributed by atoms with Crippen molar-refractivity contribution in [3.8, 4) is 44.5 Å². The molecular formula is C63H39NO. The molecule has 2 aliphatic carbocycles. The highest BCUT2D eigenvalue weighted by atomic mass is 16.3. The number of furan rings is 1. The van der Waals surface area contributed by atoms with Gasteiger partial charge in [0.2, 0.25) is 0 Å². The molecule has 0 atom stereocenters. The summed E-state index contributed by atoms with van der Waals surface area (Å²) in [6.45, 7) is 0. The first kappa shape index (κ1) is 36.1. The van der Waals surface area contributed by atoms with E-state index in [-0.39, 0.29) is 0 Å². The largest absolute Gasteiger partial charge is 0.455 e. The van der Waals surface area contributed by atoms with Crippen molar-refractivity contribution in [3.63, 3.8) is 0 Å². The van der Waals surface area contributed by atoms with Crippen molar-refractivity contribution >= 4 is 60.5 Å². The SMILES string of the molecule is c1ccc(-c2ccc(N(c3ccc4c(c3)C3(c5ccccc5-c5ccccc53)c3ccccc3-4)c3cc4c(oc5cccc(-c6ccc7ccccc7c6)c54)c4ccccc34)cc2)cc1. The molecule has 0 amide bonds. The van der Waals surface area contributed by atoms with Gasteiger partial charge in [0.05, 0.1) is 11.1 Å². The van der Waals surface area contributed by atoms with Gasteiger partial charge in [0.25, 0.3) is 0 Å². The van der Waals surface area contributed by atoms with E-state index in [9.17, 15) is 0 Å². The van der Waals surface area contributed by atoms with Crippen LogP contribution in [0.15, 0.2) is 241 Å². The molecule has 1 heterocycles. The van der Waals surface area contributed by atoms with E-state index in [1.165, 1.54) is 72.0 Å². The predicted octanol–water partition coefficient (Wildman–Crippen LogP) is 17.0. The van der Waals surface area contributed by atoms with Crippen molar-refractivity contribution in [1.82, 2.24) is 0 Å². The van der Waals surface area contributed by atoms with Crippen LogP contribution in [0.4, 0.5) is 17.1 Å². The Morgan fingerprint density at radius 3 is 1.60 bits per heavy atom. The van der Waals surface area contributed by atoms with Gasteiger partial charge in [-0.2, -0.15) is 0 Å². The number of rotatable bonds is 5. The molecule has 0 aliphatic heterocycles. The van der Waals surface area contributed by atoms with Gasteiger partial charge in [-0.15, -0.1) is 0 Å². The molecule has 1 aromatic heterocycles. The van der Waals surface area contributed by atoms with Gasteiger partial charge >= 0.3 is 0 Å². The fraction of sp³-hybridized carbons (Fsp3) is 0.0159. The van der Waals surface area contributed by atoms with Crippen LogP contribution in [0, 0.1) is 0 Å². The summed E-state index contributed by atoms with van der Waals surface area (Å²) in [4.78, 5) is 2.48. The molecule has 0 fully saturated rings. The summed E-state index contributed by atoms with van der Waals surface area (Å²) in [5.74, 6) is 0. The molecule has 11 aromatic carbocycles. The van der Waals surface area contributed by atoms with Crippen LogP contribution in [0.1, 0.15) is 22.3 Å². The maximum atomic E-state index is 6.93. The Morgan fingerprint density at radius 2 is 0.877 bits per heavy atom. The van der Waals surface area contributed by atoms with Crippen LogP contribution in [0.5, 0.6) is 0 Å². The molecule has 2 aliphatic rings. The summed E-state index contributed by atoms with van der Waals surface area (Å²) < 4.78 is 6.93. The second-order valence-electron chi connectivity index (χ2n) is 17.5. The Hall–Kier alpha value is -8.46. The first-order valence-corrected chi connectivity index (χ1v) is 22.5. The summed E-state index contributed by atoms with van der Waals surface area (Å²) in [6, 6.07) is 87.1. The number of benzene rings is 11.